The first kappa shape index (κ1) is 10.0. The number of fused-ring (bicyclic) bond motifs is 1. The SMILES string of the molecule is Oc1cccc(-c2nc3cnccc3s2)c1O. The van der Waals surface area contributed by atoms with Crippen LogP contribution in [0, 0.1) is 0 Å². The Morgan fingerprint density at radius 3 is 2.82 bits per heavy atom. The van der Waals surface area contributed by atoms with E-state index in [1.54, 1.807) is 24.5 Å². The van der Waals surface area contributed by atoms with Gasteiger partial charge in [-0.1, -0.05) is 6.07 Å². The molecule has 0 saturated heterocycles. The van der Waals surface area contributed by atoms with Gasteiger partial charge >= 0.3 is 0 Å². The summed E-state index contributed by atoms with van der Waals surface area (Å²) in [5, 5.41) is 19.9. The zero-order chi connectivity index (χ0) is 11.8. The van der Waals surface area contributed by atoms with E-state index < -0.39 is 0 Å². The summed E-state index contributed by atoms with van der Waals surface area (Å²) in [5.41, 5.74) is 1.32. The first-order valence-electron chi connectivity index (χ1n) is 4.97. The number of phenolic OH excluding ortho intramolecular Hbond substituents is 2. The van der Waals surface area contributed by atoms with Crippen molar-refractivity contribution in [2.45, 2.75) is 0 Å². The standard InChI is InChI=1S/C12H8N2O2S/c15-9-3-1-2-7(11(9)16)12-14-8-6-13-5-4-10(8)17-12/h1-6,15-16H. The van der Waals surface area contributed by atoms with Crippen LogP contribution in [-0.2, 0) is 0 Å². The maximum Gasteiger partial charge on any atom is 0.167 e. The minimum Gasteiger partial charge on any atom is -0.504 e. The van der Waals surface area contributed by atoms with Gasteiger partial charge in [-0.15, -0.1) is 11.3 Å². The third kappa shape index (κ3) is 1.60. The molecule has 5 heteroatoms. The van der Waals surface area contributed by atoms with E-state index in [9.17, 15) is 10.2 Å². The minimum atomic E-state index is -0.139. The number of aromatic nitrogens is 2. The maximum absolute atomic E-state index is 9.78. The number of thiazole rings is 1. The average molecular weight is 244 g/mol. The van der Waals surface area contributed by atoms with Crippen LogP contribution in [0.1, 0.15) is 0 Å². The monoisotopic (exact) mass is 244 g/mol. The molecule has 17 heavy (non-hydrogen) atoms. The lowest BCUT2D eigenvalue weighted by Gasteiger charge is -2.01. The van der Waals surface area contributed by atoms with Crippen molar-refractivity contribution in [1.82, 2.24) is 9.97 Å². The van der Waals surface area contributed by atoms with Crippen molar-refractivity contribution in [3.8, 4) is 22.1 Å². The Morgan fingerprint density at radius 1 is 1.12 bits per heavy atom. The molecule has 0 saturated carbocycles. The Kier molecular flexibility index (Phi) is 2.19. The van der Waals surface area contributed by atoms with Crippen molar-refractivity contribution in [2.75, 3.05) is 0 Å². The molecule has 0 fully saturated rings. The van der Waals surface area contributed by atoms with Crippen LogP contribution in [0.25, 0.3) is 20.8 Å². The second kappa shape index (κ2) is 3.71. The normalized spacial score (nSPS) is 10.8. The lowest BCUT2D eigenvalue weighted by molar-refractivity contribution is 0.405. The topological polar surface area (TPSA) is 66.2 Å². The number of nitrogens with zero attached hydrogens (tertiary/aromatic N) is 2. The zero-order valence-corrected chi connectivity index (χ0v) is 9.48. The predicted octanol–water partition coefficient (Wildman–Crippen LogP) is 2.77. The van der Waals surface area contributed by atoms with Crippen LogP contribution in [0.4, 0.5) is 0 Å². The van der Waals surface area contributed by atoms with Crippen LogP contribution in [0.2, 0.25) is 0 Å². The molecule has 0 atom stereocenters. The first-order valence-corrected chi connectivity index (χ1v) is 5.79. The highest BCUT2D eigenvalue weighted by molar-refractivity contribution is 7.21. The molecule has 0 bridgehead atoms. The number of benzene rings is 1. The molecule has 0 aliphatic carbocycles. The largest absolute Gasteiger partial charge is 0.504 e. The van der Waals surface area contributed by atoms with Gasteiger partial charge in [0, 0.05) is 6.20 Å². The highest BCUT2D eigenvalue weighted by atomic mass is 32.1. The van der Waals surface area contributed by atoms with Gasteiger partial charge in [-0.05, 0) is 18.2 Å². The summed E-state index contributed by atoms with van der Waals surface area (Å²) in [6.45, 7) is 0. The molecular weight excluding hydrogens is 236 g/mol. The van der Waals surface area contributed by atoms with Crippen molar-refractivity contribution < 1.29 is 10.2 Å². The molecular formula is C12H8N2O2S. The Labute approximate surface area is 101 Å². The summed E-state index contributed by atoms with van der Waals surface area (Å²) in [7, 11) is 0. The number of pyridine rings is 1. The Balaban J connectivity index is 2.24. The second-order valence-electron chi connectivity index (χ2n) is 3.54. The smallest absolute Gasteiger partial charge is 0.167 e. The number of aromatic hydroxyl groups is 2. The molecule has 0 aliphatic heterocycles. The van der Waals surface area contributed by atoms with Crippen molar-refractivity contribution in [3.05, 3.63) is 36.7 Å². The van der Waals surface area contributed by atoms with E-state index in [2.05, 4.69) is 9.97 Å². The summed E-state index contributed by atoms with van der Waals surface area (Å²) in [6.07, 6.45) is 3.38. The van der Waals surface area contributed by atoms with E-state index in [0.717, 1.165) is 10.2 Å². The minimum absolute atomic E-state index is 0.139. The number of rotatable bonds is 1. The lowest BCUT2D eigenvalue weighted by atomic mass is 10.2. The van der Waals surface area contributed by atoms with Gasteiger partial charge in [0.2, 0.25) is 0 Å². The molecule has 2 heterocycles. The van der Waals surface area contributed by atoms with E-state index in [0.29, 0.717) is 10.6 Å². The van der Waals surface area contributed by atoms with E-state index in [1.165, 1.54) is 17.4 Å². The fraction of sp³-hybridized carbons (Fsp3) is 0. The molecule has 3 aromatic rings. The number of hydrogen-bond donors (Lipinski definition) is 2. The third-order valence-electron chi connectivity index (χ3n) is 2.44. The highest BCUT2D eigenvalue weighted by Gasteiger charge is 2.12. The van der Waals surface area contributed by atoms with Crippen molar-refractivity contribution in [2.24, 2.45) is 0 Å². The zero-order valence-electron chi connectivity index (χ0n) is 8.66. The summed E-state index contributed by atoms with van der Waals surface area (Å²) in [4.78, 5) is 8.36. The molecule has 84 valence electrons. The maximum atomic E-state index is 9.78. The van der Waals surface area contributed by atoms with E-state index >= 15 is 0 Å². The van der Waals surface area contributed by atoms with Gasteiger partial charge in [-0.3, -0.25) is 4.98 Å². The molecule has 2 N–H and O–H groups in total. The molecule has 0 radical (unpaired) electrons. The Bertz CT molecular complexity index is 661. The second-order valence-corrected chi connectivity index (χ2v) is 4.57. The average Bonchev–Trinajstić information content (AvgIpc) is 2.76. The van der Waals surface area contributed by atoms with Crippen LogP contribution in [0.5, 0.6) is 11.5 Å². The van der Waals surface area contributed by atoms with Crippen LogP contribution < -0.4 is 0 Å². The van der Waals surface area contributed by atoms with Crippen LogP contribution in [0.3, 0.4) is 0 Å². The van der Waals surface area contributed by atoms with Gasteiger partial charge in [0.25, 0.3) is 0 Å². The van der Waals surface area contributed by atoms with Gasteiger partial charge < -0.3 is 10.2 Å². The molecule has 1 aromatic carbocycles. The molecule has 0 unspecified atom stereocenters. The van der Waals surface area contributed by atoms with Gasteiger partial charge in [-0.2, -0.15) is 0 Å². The quantitative estimate of drug-likeness (QED) is 0.646. The van der Waals surface area contributed by atoms with Crippen LogP contribution in [0.15, 0.2) is 36.7 Å². The summed E-state index contributed by atoms with van der Waals surface area (Å²) < 4.78 is 0.998. The first-order chi connectivity index (χ1) is 8.25. The fourth-order valence-electron chi connectivity index (χ4n) is 1.60. The summed E-state index contributed by atoms with van der Waals surface area (Å²) in [5.74, 6) is -0.278. The number of para-hydroxylation sites is 1. The summed E-state index contributed by atoms with van der Waals surface area (Å²) >= 11 is 1.45. The van der Waals surface area contributed by atoms with E-state index in [4.69, 9.17) is 0 Å². The van der Waals surface area contributed by atoms with Crippen LogP contribution >= 0.6 is 11.3 Å². The lowest BCUT2D eigenvalue weighted by Crippen LogP contribution is -1.78. The number of phenols is 2. The van der Waals surface area contributed by atoms with Crippen molar-refractivity contribution >= 4 is 21.6 Å². The Morgan fingerprint density at radius 2 is 2.00 bits per heavy atom. The fourth-order valence-corrected chi connectivity index (χ4v) is 2.56. The molecule has 3 rings (SSSR count). The van der Waals surface area contributed by atoms with E-state index in [1.807, 2.05) is 6.07 Å². The summed E-state index contributed by atoms with van der Waals surface area (Å²) in [6, 6.07) is 6.71. The predicted molar refractivity (Wildman–Crippen MR) is 66.2 cm³/mol. The highest BCUT2D eigenvalue weighted by Crippen LogP contribution is 2.39. The van der Waals surface area contributed by atoms with E-state index in [-0.39, 0.29) is 11.5 Å². The Hall–Kier alpha value is -2.14. The number of hydrogen-bond acceptors (Lipinski definition) is 5. The van der Waals surface area contributed by atoms with Crippen molar-refractivity contribution in [3.63, 3.8) is 0 Å². The van der Waals surface area contributed by atoms with Gasteiger partial charge in [-0.25, -0.2) is 4.98 Å². The molecule has 0 spiro atoms. The molecule has 4 nitrogen and oxygen atoms in total. The van der Waals surface area contributed by atoms with Gasteiger partial charge in [0.15, 0.2) is 11.5 Å². The molecule has 2 aromatic heterocycles. The third-order valence-corrected chi connectivity index (χ3v) is 3.50. The molecule has 0 aliphatic rings. The van der Waals surface area contributed by atoms with Gasteiger partial charge in [0.1, 0.15) is 10.5 Å². The van der Waals surface area contributed by atoms with Crippen molar-refractivity contribution in [1.29, 1.82) is 0 Å². The van der Waals surface area contributed by atoms with Crippen LogP contribution in [-0.4, -0.2) is 20.2 Å². The van der Waals surface area contributed by atoms with Gasteiger partial charge in [0.05, 0.1) is 16.5 Å². The molecule has 0 amide bonds.